The Morgan fingerprint density at radius 3 is 3.13 bits per heavy atom. The van der Waals surface area contributed by atoms with Gasteiger partial charge in [-0.1, -0.05) is 12.1 Å². The maximum atomic E-state index is 5.83. The van der Waals surface area contributed by atoms with Crippen molar-refractivity contribution < 1.29 is 4.52 Å². The van der Waals surface area contributed by atoms with E-state index in [1.165, 1.54) is 11.5 Å². The van der Waals surface area contributed by atoms with Gasteiger partial charge in [-0.15, -0.1) is 11.8 Å². The summed E-state index contributed by atoms with van der Waals surface area (Å²) < 4.78 is 5.16. The third kappa shape index (κ3) is 2.68. The van der Waals surface area contributed by atoms with Crippen molar-refractivity contribution in [1.82, 2.24) is 10.1 Å². The zero-order valence-electron chi connectivity index (χ0n) is 8.68. The van der Waals surface area contributed by atoms with Gasteiger partial charge in [0, 0.05) is 17.3 Å². The van der Waals surface area contributed by atoms with Crippen LogP contribution in [-0.4, -0.2) is 27.4 Å². The molecule has 0 saturated carbocycles. The van der Waals surface area contributed by atoms with Crippen LogP contribution in [0, 0.1) is 0 Å². The second-order valence-corrected chi connectivity index (χ2v) is 5.90. The third-order valence-corrected chi connectivity index (χ3v) is 5.07. The maximum absolute atomic E-state index is 5.83. The summed E-state index contributed by atoms with van der Waals surface area (Å²) >= 11 is 3.85. The summed E-state index contributed by atoms with van der Waals surface area (Å²) in [5.74, 6) is 4.85. The first-order chi connectivity index (χ1) is 7.31. The van der Waals surface area contributed by atoms with E-state index in [-0.39, 0.29) is 6.04 Å². The van der Waals surface area contributed by atoms with Crippen molar-refractivity contribution in [3.05, 3.63) is 11.7 Å². The molecule has 15 heavy (non-hydrogen) atoms. The van der Waals surface area contributed by atoms with Crippen LogP contribution in [0.3, 0.4) is 0 Å². The minimum Gasteiger partial charge on any atom is -0.338 e. The van der Waals surface area contributed by atoms with Gasteiger partial charge in [-0.2, -0.15) is 16.7 Å². The van der Waals surface area contributed by atoms with Crippen LogP contribution >= 0.6 is 23.5 Å². The van der Waals surface area contributed by atoms with Crippen LogP contribution in [0.4, 0.5) is 0 Å². The van der Waals surface area contributed by atoms with Crippen LogP contribution < -0.4 is 5.73 Å². The molecule has 0 radical (unpaired) electrons. The smallest absolute Gasteiger partial charge is 0.243 e. The molecule has 2 N–H and O–H groups in total. The van der Waals surface area contributed by atoms with Crippen molar-refractivity contribution >= 4 is 23.5 Å². The molecule has 2 rings (SSSR count). The second-order valence-electron chi connectivity index (χ2n) is 3.44. The van der Waals surface area contributed by atoms with Gasteiger partial charge in [-0.05, 0) is 6.42 Å². The average molecular weight is 245 g/mol. The highest BCUT2D eigenvalue weighted by Crippen LogP contribution is 2.35. The lowest BCUT2D eigenvalue weighted by molar-refractivity contribution is 0.348. The van der Waals surface area contributed by atoms with Crippen LogP contribution in [0.5, 0.6) is 0 Å². The maximum Gasteiger partial charge on any atom is 0.243 e. The van der Waals surface area contributed by atoms with Crippen molar-refractivity contribution in [2.75, 3.05) is 17.3 Å². The van der Waals surface area contributed by atoms with Gasteiger partial charge in [0.15, 0.2) is 5.82 Å². The Hall–Kier alpha value is -0.200. The Labute approximate surface area is 97.8 Å². The topological polar surface area (TPSA) is 64.9 Å². The Balaban J connectivity index is 2.05. The molecular weight excluding hydrogens is 230 g/mol. The molecule has 84 valence electrons. The van der Waals surface area contributed by atoms with E-state index >= 15 is 0 Å². The summed E-state index contributed by atoms with van der Waals surface area (Å²) in [6, 6.07) is -0.118. The lowest BCUT2D eigenvalue weighted by Crippen LogP contribution is -2.10. The van der Waals surface area contributed by atoms with E-state index < -0.39 is 0 Å². The van der Waals surface area contributed by atoms with E-state index in [0.717, 1.165) is 18.0 Å². The fraction of sp³-hybridized carbons (Fsp3) is 0.778. The zero-order valence-corrected chi connectivity index (χ0v) is 10.3. The number of thioether (sulfide) groups is 2. The summed E-state index contributed by atoms with van der Waals surface area (Å²) in [5.41, 5.74) is 5.83. The summed E-state index contributed by atoms with van der Waals surface area (Å²) in [5, 5.41) is 4.39. The molecule has 0 aliphatic carbocycles. The molecule has 1 fully saturated rings. The van der Waals surface area contributed by atoms with Crippen molar-refractivity contribution in [2.24, 2.45) is 5.73 Å². The quantitative estimate of drug-likeness (QED) is 0.878. The Kier molecular flexibility index (Phi) is 3.93. The first-order valence-corrected chi connectivity index (χ1v) is 7.30. The van der Waals surface area contributed by atoms with E-state index in [1.807, 2.05) is 30.4 Å². The predicted molar refractivity (Wildman–Crippen MR) is 64.0 cm³/mol. The summed E-state index contributed by atoms with van der Waals surface area (Å²) in [6.45, 7) is 2.01. The fourth-order valence-corrected chi connectivity index (χ4v) is 3.93. The van der Waals surface area contributed by atoms with E-state index in [0.29, 0.717) is 11.1 Å². The highest BCUT2D eigenvalue weighted by molar-refractivity contribution is 8.06. The number of aromatic nitrogens is 2. The molecule has 1 aliphatic rings. The molecule has 0 aromatic carbocycles. The third-order valence-electron chi connectivity index (χ3n) is 2.32. The summed E-state index contributed by atoms with van der Waals surface area (Å²) in [4.78, 5) is 4.37. The van der Waals surface area contributed by atoms with Crippen LogP contribution in [0.1, 0.15) is 36.4 Å². The van der Waals surface area contributed by atoms with Gasteiger partial charge in [-0.3, -0.25) is 0 Å². The van der Waals surface area contributed by atoms with Crippen molar-refractivity contribution in [2.45, 2.75) is 24.6 Å². The van der Waals surface area contributed by atoms with Crippen LogP contribution in [-0.2, 0) is 0 Å². The first kappa shape index (κ1) is 11.3. The van der Waals surface area contributed by atoms with Gasteiger partial charge >= 0.3 is 0 Å². The van der Waals surface area contributed by atoms with E-state index in [4.69, 9.17) is 10.3 Å². The normalized spacial score (nSPS) is 24.0. The molecule has 6 heteroatoms. The minimum atomic E-state index is -0.118. The number of hydrogen-bond donors (Lipinski definition) is 1. The van der Waals surface area contributed by atoms with Gasteiger partial charge in [0.1, 0.15) is 0 Å². The number of nitrogens with zero attached hydrogens (tertiary/aromatic N) is 2. The van der Waals surface area contributed by atoms with Crippen LogP contribution in [0.25, 0.3) is 0 Å². The molecule has 4 nitrogen and oxygen atoms in total. The lowest BCUT2D eigenvalue weighted by atomic mass is 10.2. The molecule has 1 aromatic rings. The first-order valence-electron chi connectivity index (χ1n) is 5.09. The molecular formula is C9H15N3OS2. The molecule has 0 spiro atoms. The van der Waals surface area contributed by atoms with Gasteiger partial charge in [-0.25, -0.2) is 0 Å². The zero-order chi connectivity index (χ0) is 10.7. The molecule has 2 heterocycles. The van der Waals surface area contributed by atoms with Crippen molar-refractivity contribution in [3.8, 4) is 0 Å². The monoisotopic (exact) mass is 245 g/mol. The van der Waals surface area contributed by atoms with Gasteiger partial charge < -0.3 is 10.3 Å². The lowest BCUT2D eigenvalue weighted by Gasteiger charge is -2.17. The second kappa shape index (κ2) is 5.23. The Morgan fingerprint density at radius 2 is 2.47 bits per heavy atom. The molecule has 1 aromatic heterocycles. The molecule has 0 amide bonds. The van der Waals surface area contributed by atoms with Gasteiger partial charge in [0.05, 0.1) is 11.3 Å². The number of hydrogen-bond acceptors (Lipinski definition) is 6. The molecule has 0 bridgehead atoms. The summed E-state index contributed by atoms with van der Waals surface area (Å²) in [6.07, 6.45) is 0.828. The Morgan fingerprint density at radius 1 is 1.60 bits per heavy atom. The highest BCUT2D eigenvalue weighted by atomic mass is 32.2. The van der Waals surface area contributed by atoms with Crippen LogP contribution in [0.15, 0.2) is 4.52 Å². The molecule has 1 aliphatic heterocycles. The standard InChI is InChI=1S/C9H15N3OS2/c1-2-6(10)9-11-8(12-13-9)7-5-14-3-4-15-7/h6-7H,2-5,10H2,1H3. The van der Waals surface area contributed by atoms with E-state index in [9.17, 15) is 0 Å². The Bertz CT molecular complexity index is 312. The van der Waals surface area contributed by atoms with Crippen molar-refractivity contribution in [1.29, 1.82) is 0 Å². The van der Waals surface area contributed by atoms with Gasteiger partial charge in [0.2, 0.25) is 5.89 Å². The summed E-state index contributed by atoms with van der Waals surface area (Å²) in [7, 11) is 0. The molecule has 2 atom stereocenters. The molecule has 2 unspecified atom stereocenters. The molecule has 1 saturated heterocycles. The predicted octanol–water partition coefficient (Wildman–Crippen LogP) is 2.00. The SMILES string of the molecule is CCC(N)c1nc(C2CSCCS2)no1. The average Bonchev–Trinajstić information content (AvgIpc) is 2.78. The van der Waals surface area contributed by atoms with Crippen molar-refractivity contribution in [3.63, 3.8) is 0 Å². The highest BCUT2D eigenvalue weighted by Gasteiger charge is 2.23. The number of rotatable bonds is 3. The van der Waals surface area contributed by atoms with E-state index in [1.54, 1.807) is 0 Å². The number of nitrogens with two attached hydrogens (primary N) is 1. The minimum absolute atomic E-state index is 0.118. The largest absolute Gasteiger partial charge is 0.338 e. The fourth-order valence-electron chi connectivity index (χ4n) is 1.34. The van der Waals surface area contributed by atoms with Gasteiger partial charge in [0.25, 0.3) is 0 Å². The van der Waals surface area contributed by atoms with Crippen LogP contribution in [0.2, 0.25) is 0 Å². The van der Waals surface area contributed by atoms with E-state index in [2.05, 4.69) is 10.1 Å².